The number of β-amino-alcohol motifs (C(OH)–C–C–N with tert-alkyl or cyclic N) is 1. The predicted molar refractivity (Wildman–Crippen MR) is 225 cm³/mol. The second kappa shape index (κ2) is 16.9. The van der Waals surface area contributed by atoms with E-state index in [1.165, 1.54) is 18.4 Å². The highest BCUT2D eigenvalue weighted by Crippen LogP contribution is 2.58. The van der Waals surface area contributed by atoms with E-state index in [9.17, 15) is 24.3 Å². The fourth-order valence-corrected chi connectivity index (χ4v) is 10.8. The van der Waals surface area contributed by atoms with Gasteiger partial charge >= 0.3 is 12.1 Å². The van der Waals surface area contributed by atoms with Crippen LogP contribution in [0.4, 0.5) is 9.59 Å². The lowest BCUT2D eigenvalue weighted by Crippen LogP contribution is -2.54. The Labute approximate surface area is 352 Å². The van der Waals surface area contributed by atoms with Crippen molar-refractivity contribution in [2.75, 3.05) is 33.3 Å². The number of aromatic nitrogens is 4. The van der Waals surface area contributed by atoms with Crippen molar-refractivity contribution in [2.45, 2.75) is 139 Å². The van der Waals surface area contributed by atoms with E-state index in [0.29, 0.717) is 26.1 Å². The highest BCUT2D eigenvalue weighted by Gasteiger charge is 2.51. The number of carbonyl (C=O) groups is 4. The Morgan fingerprint density at radius 3 is 1.85 bits per heavy atom. The van der Waals surface area contributed by atoms with Crippen molar-refractivity contribution in [1.82, 2.24) is 45.3 Å². The average Bonchev–Trinajstić information content (AvgIpc) is 4.11. The summed E-state index contributed by atoms with van der Waals surface area (Å²) in [6.07, 6.45) is 13.2. The zero-order valence-electron chi connectivity index (χ0n) is 35.8. The first kappa shape index (κ1) is 41.8. The van der Waals surface area contributed by atoms with Gasteiger partial charge in [-0.05, 0) is 99.0 Å². The Bertz CT molecular complexity index is 2020. The molecule has 2 aromatic heterocycles. The van der Waals surface area contributed by atoms with E-state index in [4.69, 9.17) is 14.7 Å². The van der Waals surface area contributed by atoms with Crippen LogP contribution in [-0.4, -0.2) is 115 Å². The lowest BCUT2D eigenvalue weighted by atomic mass is 9.51. The molecule has 15 nitrogen and oxygen atoms in total. The van der Waals surface area contributed by atoms with Crippen molar-refractivity contribution < 1.29 is 29.0 Å². The number of nitrogens with one attached hydrogen (secondary N) is 4. The van der Waals surface area contributed by atoms with E-state index < -0.39 is 24.3 Å². The lowest BCUT2D eigenvalue weighted by Gasteiger charge is -2.53. The first-order chi connectivity index (χ1) is 28.8. The summed E-state index contributed by atoms with van der Waals surface area (Å²) in [5.41, 5.74) is 4.71. The van der Waals surface area contributed by atoms with Gasteiger partial charge in [0.15, 0.2) is 0 Å². The monoisotopic (exact) mass is 825 g/mol. The van der Waals surface area contributed by atoms with Crippen molar-refractivity contribution in [1.29, 1.82) is 0 Å². The maximum absolute atomic E-state index is 13.9. The Morgan fingerprint density at radius 1 is 0.750 bits per heavy atom. The Balaban J connectivity index is 0.897. The Kier molecular flexibility index (Phi) is 11.7. The van der Waals surface area contributed by atoms with Gasteiger partial charge in [0, 0.05) is 43.5 Å². The summed E-state index contributed by atoms with van der Waals surface area (Å²) < 4.78 is 4.80. The number of fused-ring (bicyclic) bond motifs is 3. The quantitative estimate of drug-likeness (QED) is 0.159. The van der Waals surface area contributed by atoms with Crippen LogP contribution in [0.25, 0.3) is 11.3 Å². The van der Waals surface area contributed by atoms with Gasteiger partial charge in [-0.25, -0.2) is 19.6 Å². The van der Waals surface area contributed by atoms with Crippen molar-refractivity contribution in [3.63, 3.8) is 0 Å². The Morgan fingerprint density at radius 2 is 1.30 bits per heavy atom. The van der Waals surface area contributed by atoms with Crippen molar-refractivity contribution in [3.05, 3.63) is 59.6 Å². The fraction of sp³-hybridized carbons (Fsp3) is 0.644. The third-order valence-corrected chi connectivity index (χ3v) is 14.6. The molecule has 3 aromatic rings. The number of aliphatic hydroxyl groups excluding tert-OH is 1. The summed E-state index contributed by atoms with van der Waals surface area (Å²) >= 11 is 0. The van der Waals surface area contributed by atoms with Crippen LogP contribution < -0.4 is 10.6 Å². The molecule has 2 bridgehead atoms. The maximum atomic E-state index is 13.9. The maximum Gasteiger partial charge on any atom is 0.407 e. The first-order valence-electron chi connectivity index (χ1n) is 22.2. The van der Waals surface area contributed by atoms with Gasteiger partial charge in [-0.1, -0.05) is 52.0 Å². The van der Waals surface area contributed by atoms with Crippen LogP contribution in [0.1, 0.15) is 133 Å². The van der Waals surface area contributed by atoms with Gasteiger partial charge in [0.1, 0.15) is 23.7 Å². The molecule has 3 saturated heterocycles. The first-order valence-corrected chi connectivity index (χ1v) is 22.2. The number of benzene rings is 1. The van der Waals surface area contributed by atoms with E-state index in [1.54, 1.807) is 4.90 Å². The van der Waals surface area contributed by atoms with Crippen LogP contribution in [0, 0.1) is 11.8 Å². The predicted octanol–water partition coefficient (Wildman–Crippen LogP) is 5.85. The summed E-state index contributed by atoms with van der Waals surface area (Å²) in [7, 11) is 1.31. The van der Waals surface area contributed by atoms with Crippen LogP contribution in [0.2, 0.25) is 0 Å². The van der Waals surface area contributed by atoms with Crippen LogP contribution in [0.5, 0.6) is 0 Å². The van der Waals surface area contributed by atoms with Crippen molar-refractivity contribution >= 4 is 23.9 Å². The van der Waals surface area contributed by atoms with Crippen molar-refractivity contribution in [2.24, 2.45) is 11.8 Å². The standard InChI is InChI=1S/C45H63N9O6/c1-27(2)36(50-42(58)52-23-14-31(55)26-52)40(56)53-21-6-8-33(53)38-46-24-32(48-38)29-10-12-30(13-11-29)44-15-18-45(19-16-44,20-17-44)35-25-47-39(49-35)34-9-7-22-54(34)41(57)37(28(3)4)51-43(59)60-5/h10-13,24-25,27-28,31,33-34,36-37,55H,6-9,14-23,26H2,1-5H3,(H,46,48)(H,47,49)(H,50,58)(H,51,59). The number of ether oxygens (including phenoxy) is 1. The SMILES string of the molecule is COC(=O)NC(C(=O)N1CCCC1c1ncc(C23CCC(c4ccc(-c5cnc(C6CCCN6C(=O)C(NC(=O)N6CCC(O)C6)C(C)C)[nH]5)cc4)(CC2)CC3)[nH]1)C(C)C. The molecule has 0 spiro atoms. The fourth-order valence-electron chi connectivity index (χ4n) is 10.8. The van der Waals surface area contributed by atoms with E-state index in [0.717, 1.165) is 87.1 Å². The lowest BCUT2D eigenvalue weighted by molar-refractivity contribution is -0.136. The van der Waals surface area contributed by atoms with Gasteiger partial charge in [0.05, 0.1) is 37.2 Å². The molecule has 0 radical (unpaired) electrons. The summed E-state index contributed by atoms with van der Waals surface area (Å²) in [6.45, 7) is 9.76. The summed E-state index contributed by atoms with van der Waals surface area (Å²) in [4.78, 5) is 74.9. The van der Waals surface area contributed by atoms with Gasteiger partial charge < -0.3 is 45.1 Å². The summed E-state index contributed by atoms with van der Waals surface area (Å²) in [6, 6.07) is 6.98. The van der Waals surface area contributed by atoms with E-state index >= 15 is 0 Å². The Hall–Kier alpha value is -4.92. The number of nitrogens with zero attached hydrogens (tertiary/aromatic N) is 5. The number of rotatable bonds is 11. The third-order valence-electron chi connectivity index (χ3n) is 14.6. The molecule has 3 saturated carbocycles. The highest BCUT2D eigenvalue weighted by atomic mass is 16.5. The molecule has 3 aliphatic carbocycles. The second-order valence-electron chi connectivity index (χ2n) is 18.8. The number of hydrogen-bond donors (Lipinski definition) is 5. The molecule has 6 fully saturated rings. The molecule has 5 atom stereocenters. The van der Waals surface area contributed by atoms with Crippen LogP contribution >= 0.6 is 0 Å². The van der Waals surface area contributed by atoms with E-state index in [-0.39, 0.29) is 59.1 Å². The molecule has 324 valence electrons. The molecule has 6 aliphatic rings. The van der Waals surface area contributed by atoms with Crippen LogP contribution in [0.3, 0.4) is 0 Å². The number of hydrogen-bond acceptors (Lipinski definition) is 8. The number of likely N-dealkylation sites (tertiary alicyclic amines) is 3. The molecule has 9 rings (SSSR count). The molecule has 5 N–H and O–H groups in total. The van der Waals surface area contributed by atoms with E-state index in [1.807, 2.05) is 49.9 Å². The number of carbonyl (C=O) groups excluding carboxylic acids is 4. The second-order valence-corrected chi connectivity index (χ2v) is 18.8. The minimum Gasteiger partial charge on any atom is -0.453 e. The van der Waals surface area contributed by atoms with Gasteiger partial charge in [0.25, 0.3) is 0 Å². The molecule has 5 amide bonds. The topological polar surface area (TPSA) is 189 Å². The number of H-pyrrole nitrogens is 2. The molecule has 3 aliphatic heterocycles. The number of aliphatic hydroxyl groups is 1. The van der Waals surface area contributed by atoms with Gasteiger partial charge in [-0.3, -0.25) is 9.59 Å². The normalized spacial score (nSPS) is 27.5. The number of methoxy groups -OCH3 is 1. The minimum atomic E-state index is -0.666. The number of amides is 5. The summed E-state index contributed by atoms with van der Waals surface area (Å²) in [5.74, 6) is 1.21. The van der Waals surface area contributed by atoms with Gasteiger partial charge in [-0.2, -0.15) is 0 Å². The van der Waals surface area contributed by atoms with E-state index in [2.05, 4.69) is 44.9 Å². The number of imidazole rings is 2. The molecule has 1 aromatic carbocycles. The summed E-state index contributed by atoms with van der Waals surface area (Å²) in [5, 5.41) is 15.6. The van der Waals surface area contributed by atoms with Crippen LogP contribution in [0.15, 0.2) is 36.7 Å². The number of urea groups is 1. The average molecular weight is 826 g/mol. The number of alkyl carbamates (subject to hydrolysis) is 1. The van der Waals surface area contributed by atoms with Gasteiger partial charge in [0.2, 0.25) is 11.8 Å². The largest absolute Gasteiger partial charge is 0.453 e. The molecule has 5 heterocycles. The molecule has 60 heavy (non-hydrogen) atoms. The van der Waals surface area contributed by atoms with Crippen LogP contribution in [-0.2, 0) is 25.2 Å². The van der Waals surface area contributed by atoms with Gasteiger partial charge in [-0.15, -0.1) is 0 Å². The molecular formula is C45H63N9O6. The smallest absolute Gasteiger partial charge is 0.407 e. The third kappa shape index (κ3) is 7.89. The molecule has 5 unspecified atom stereocenters. The molecule has 15 heteroatoms. The minimum absolute atomic E-state index is 0.0489. The zero-order chi connectivity index (χ0) is 42.3. The highest BCUT2D eigenvalue weighted by molar-refractivity contribution is 5.88. The zero-order valence-corrected chi connectivity index (χ0v) is 35.8. The molecular weight excluding hydrogens is 763 g/mol. The van der Waals surface area contributed by atoms with Crippen molar-refractivity contribution in [3.8, 4) is 11.3 Å². The number of aromatic amines is 2.